The molecule has 2 N–H and O–H groups in total. The molecule has 0 spiro atoms. The van der Waals surface area contributed by atoms with Crippen LogP contribution in [0.15, 0.2) is 69.7 Å². The first-order valence-corrected chi connectivity index (χ1v) is 29.7. The van der Waals surface area contributed by atoms with E-state index in [0.29, 0.717) is 110 Å². The summed E-state index contributed by atoms with van der Waals surface area (Å²) in [6.07, 6.45) is 16.7. The number of aromatic nitrogens is 8. The van der Waals surface area contributed by atoms with E-state index < -0.39 is 11.2 Å². The number of ether oxygens (including phenoxy) is 3. The second-order valence-corrected chi connectivity index (χ2v) is 24.4. The number of rotatable bonds is 13. The Hall–Kier alpha value is -7.36. The highest BCUT2D eigenvalue weighted by Gasteiger charge is 2.30. The molecule has 0 radical (unpaired) electrons. The number of halogens is 1. The minimum absolute atomic E-state index is 0.0409. The average molecular weight is 1190 g/mol. The second kappa shape index (κ2) is 25.4. The zero-order chi connectivity index (χ0) is 58.5. The van der Waals surface area contributed by atoms with E-state index in [-0.39, 0.29) is 35.4 Å². The van der Waals surface area contributed by atoms with E-state index >= 15 is 0 Å². The topological polar surface area (TPSA) is 220 Å². The van der Waals surface area contributed by atoms with Crippen LogP contribution in [-0.2, 0) is 14.2 Å². The molecule has 2 saturated carbocycles. The Kier molecular flexibility index (Phi) is 18.4. The standard InChI is InChI=1S/C33H45N7O4.C27H34BrN7O3/c1-7-8-19-43-23(3)28-22(2)26-21-35-31(37-29(26)40(30(28)41)24-11-9-10-12-24)36-27-14-13-25(20-34-27)38-15-17-39(18-16-38)32(42)44-33(4,5)6;1-17-20-16-30-25(32-23(20)35(24(36)22(17)28)18-7-5-6-8-18)31-21-10-9-19(15-29-21)33-11-13-34(14-12-33)26(37)38-27(2,3)4/h13-14,20-21,24H,3,7-12,15-19H2,1-2,4-6H3,(H,34,35,36,37);9-10,15-16,18H,5-8,11-14H2,1-4H3,(H,29,30,31,32). The molecular weight excluding hydrogens is 1110 g/mol. The molecule has 2 aliphatic heterocycles. The van der Waals surface area contributed by atoms with E-state index in [9.17, 15) is 19.2 Å². The molecule has 21 nitrogen and oxygen atoms in total. The number of unbranched alkanes of at least 4 members (excludes halogenated alkanes) is 1. The van der Waals surface area contributed by atoms with Crippen molar-refractivity contribution in [2.45, 2.75) is 150 Å². The van der Waals surface area contributed by atoms with Crippen LogP contribution in [0, 0.1) is 13.8 Å². The second-order valence-electron chi connectivity index (χ2n) is 23.6. The summed E-state index contributed by atoms with van der Waals surface area (Å²) in [4.78, 5) is 87.6. The lowest BCUT2D eigenvalue weighted by molar-refractivity contribution is 0.0230. The van der Waals surface area contributed by atoms with Crippen LogP contribution >= 0.6 is 15.9 Å². The SMILES string of the molecule is C=C(OCCCC)c1c(C)c2cnc(Nc3ccc(N4CCN(C(=O)OC(C)(C)C)CC4)cn3)nc2n(C2CCCC2)c1=O.Cc1c(Br)c(=O)n(C2CCCC2)c2nc(Nc3ccc(N4CCN(C(=O)OC(C)(C)C)CC4)cn3)ncc12. The van der Waals surface area contributed by atoms with E-state index in [1.165, 1.54) is 0 Å². The van der Waals surface area contributed by atoms with Crippen LogP contribution in [0.5, 0.6) is 0 Å². The minimum Gasteiger partial charge on any atom is -0.493 e. The molecule has 82 heavy (non-hydrogen) atoms. The number of fused-ring (bicyclic) bond motifs is 2. The molecule has 6 aromatic heterocycles. The first kappa shape index (κ1) is 59.3. The molecule has 0 unspecified atom stereocenters. The summed E-state index contributed by atoms with van der Waals surface area (Å²) in [7, 11) is 0. The third-order valence-electron chi connectivity index (χ3n) is 15.3. The molecule has 2 amide bonds. The molecule has 2 aliphatic carbocycles. The Morgan fingerprint density at radius 1 is 0.622 bits per heavy atom. The predicted octanol–water partition coefficient (Wildman–Crippen LogP) is 11.4. The molecule has 0 bridgehead atoms. The van der Waals surface area contributed by atoms with Gasteiger partial charge in [-0.3, -0.25) is 18.7 Å². The van der Waals surface area contributed by atoms with E-state index in [1.54, 1.807) is 22.2 Å². The highest BCUT2D eigenvalue weighted by Crippen LogP contribution is 2.35. The third-order valence-corrected chi connectivity index (χ3v) is 16.3. The number of pyridine rings is 4. The van der Waals surface area contributed by atoms with Crippen molar-refractivity contribution in [3.63, 3.8) is 0 Å². The number of anilines is 6. The normalized spacial score (nSPS) is 16.3. The predicted molar refractivity (Wildman–Crippen MR) is 325 cm³/mol. The van der Waals surface area contributed by atoms with Crippen LogP contribution < -0.4 is 31.6 Å². The molecule has 0 aromatic carbocycles. The molecule has 8 heterocycles. The van der Waals surface area contributed by atoms with Gasteiger partial charge < -0.3 is 44.4 Å². The number of nitrogens with zero attached hydrogens (tertiary/aromatic N) is 12. The molecule has 2 saturated heterocycles. The molecule has 4 aliphatic rings. The van der Waals surface area contributed by atoms with Gasteiger partial charge >= 0.3 is 12.2 Å². The lowest BCUT2D eigenvalue weighted by Crippen LogP contribution is -2.50. The Bertz CT molecular complexity index is 3380. The summed E-state index contributed by atoms with van der Waals surface area (Å²) >= 11 is 3.49. The van der Waals surface area contributed by atoms with E-state index in [2.05, 4.69) is 69.8 Å². The van der Waals surface area contributed by atoms with Crippen LogP contribution in [-0.4, -0.2) is 131 Å². The van der Waals surface area contributed by atoms with Crippen molar-refractivity contribution in [3.05, 3.63) is 97.5 Å². The van der Waals surface area contributed by atoms with Gasteiger partial charge in [0.1, 0.15) is 39.9 Å². The lowest BCUT2D eigenvalue weighted by atomic mass is 10.0. The number of aryl methyl sites for hydroxylation is 2. The summed E-state index contributed by atoms with van der Waals surface area (Å²) in [5.74, 6) is 2.40. The quantitative estimate of drug-likeness (QED) is 0.0811. The number of piperazine rings is 2. The van der Waals surface area contributed by atoms with Gasteiger partial charge in [-0.1, -0.05) is 45.6 Å². The summed E-state index contributed by atoms with van der Waals surface area (Å²) in [6, 6.07) is 7.99. The average Bonchev–Trinajstić information content (AvgIpc) is 4.23. The van der Waals surface area contributed by atoms with E-state index in [0.717, 1.165) is 97.5 Å². The first-order valence-electron chi connectivity index (χ1n) is 28.9. The van der Waals surface area contributed by atoms with Crippen LogP contribution in [0.1, 0.15) is 141 Å². The molecule has 4 fully saturated rings. The summed E-state index contributed by atoms with van der Waals surface area (Å²) in [5, 5.41) is 8.09. The fraction of sp³-hybridized carbons (Fsp3) is 0.533. The van der Waals surface area contributed by atoms with Crippen LogP contribution in [0.4, 0.5) is 44.5 Å². The molecule has 6 aromatic rings. The number of carbonyl (C=O) groups is 2. The summed E-state index contributed by atoms with van der Waals surface area (Å²) in [6.45, 7) is 27.0. The molecular formula is C60H79BrN14O7. The highest BCUT2D eigenvalue weighted by atomic mass is 79.9. The molecule has 0 atom stereocenters. The van der Waals surface area contributed by atoms with E-state index in [1.807, 2.05) is 101 Å². The maximum absolute atomic E-state index is 13.9. The fourth-order valence-corrected chi connectivity index (χ4v) is 11.4. The van der Waals surface area contributed by atoms with Gasteiger partial charge in [0, 0.05) is 87.6 Å². The van der Waals surface area contributed by atoms with Crippen LogP contribution in [0.25, 0.3) is 27.8 Å². The van der Waals surface area contributed by atoms with Crippen molar-refractivity contribution in [2.24, 2.45) is 0 Å². The third kappa shape index (κ3) is 13.9. The van der Waals surface area contributed by atoms with Crippen molar-refractivity contribution in [3.8, 4) is 0 Å². The summed E-state index contributed by atoms with van der Waals surface area (Å²) in [5.41, 5.74) is 4.19. The van der Waals surface area contributed by atoms with Gasteiger partial charge in [-0.25, -0.2) is 29.5 Å². The van der Waals surface area contributed by atoms with Crippen LogP contribution in [0.2, 0.25) is 0 Å². The maximum atomic E-state index is 13.9. The first-order chi connectivity index (χ1) is 39.2. The number of hydrogen-bond acceptors (Lipinski definition) is 17. The van der Waals surface area contributed by atoms with Crippen molar-refractivity contribution in [1.82, 2.24) is 48.8 Å². The number of amides is 2. The Morgan fingerprint density at radius 3 is 1.45 bits per heavy atom. The zero-order valence-corrected chi connectivity index (χ0v) is 50.6. The Balaban J connectivity index is 0.000000200. The number of nitrogens with one attached hydrogen (secondary N) is 2. The summed E-state index contributed by atoms with van der Waals surface area (Å²) < 4.78 is 21.1. The van der Waals surface area contributed by atoms with Crippen molar-refractivity contribution >= 4 is 90.8 Å². The van der Waals surface area contributed by atoms with Crippen molar-refractivity contribution in [1.29, 1.82) is 0 Å². The number of hydrogen-bond donors (Lipinski definition) is 2. The number of carbonyl (C=O) groups excluding carboxylic acids is 2. The Morgan fingerprint density at radius 2 is 1.05 bits per heavy atom. The van der Waals surface area contributed by atoms with Crippen molar-refractivity contribution in [2.75, 3.05) is 79.4 Å². The van der Waals surface area contributed by atoms with Gasteiger partial charge in [0.15, 0.2) is 0 Å². The maximum Gasteiger partial charge on any atom is 0.410 e. The smallest absolute Gasteiger partial charge is 0.410 e. The molecule has 438 valence electrons. The van der Waals surface area contributed by atoms with E-state index in [4.69, 9.17) is 24.2 Å². The largest absolute Gasteiger partial charge is 0.493 e. The minimum atomic E-state index is -0.510. The van der Waals surface area contributed by atoms with Gasteiger partial charge in [-0.05, 0) is 139 Å². The van der Waals surface area contributed by atoms with Crippen LogP contribution in [0.3, 0.4) is 0 Å². The highest BCUT2D eigenvalue weighted by molar-refractivity contribution is 9.10. The molecule has 10 rings (SSSR count). The van der Waals surface area contributed by atoms with Gasteiger partial charge in [0.2, 0.25) is 11.9 Å². The molecule has 22 heteroatoms. The van der Waals surface area contributed by atoms with Gasteiger partial charge in [-0.2, -0.15) is 9.97 Å². The van der Waals surface area contributed by atoms with Gasteiger partial charge in [-0.15, -0.1) is 0 Å². The van der Waals surface area contributed by atoms with Gasteiger partial charge in [0.25, 0.3) is 11.1 Å². The fourth-order valence-electron chi connectivity index (χ4n) is 11.0. The lowest BCUT2D eigenvalue weighted by Gasteiger charge is -2.36. The monoisotopic (exact) mass is 1190 g/mol. The van der Waals surface area contributed by atoms with Gasteiger partial charge in [0.05, 0.1) is 40.4 Å². The van der Waals surface area contributed by atoms with Crippen molar-refractivity contribution < 1.29 is 23.8 Å². The zero-order valence-electron chi connectivity index (χ0n) is 49.0. The Labute approximate surface area is 488 Å².